The number of hydrogen-bond donors (Lipinski definition) is 1. The fraction of sp³-hybridized carbons (Fsp3) is 0.240. The number of nitrogens with one attached hydrogen (secondary N) is 1. The van der Waals surface area contributed by atoms with E-state index in [4.69, 9.17) is 9.47 Å². The van der Waals surface area contributed by atoms with Gasteiger partial charge in [0, 0.05) is 29.9 Å². The third-order valence-electron chi connectivity index (χ3n) is 5.12. The van der Waals surface area contributed by atoms with Crippen LogP contribution in [0, 0.1) is 0 Å². The number of benzene rings is 3. The minimum absolute atomic E-state index is 0.0940. The Balaban J connectivity index is 1.28. The van der Waals surface area contributed by atoms with E-state index in [-0.39, 0.29) is 5.91 Å². The van der Waals surface area contributed by atoms with Crippen LogP contribution in [0.3, 0.4) is 0 Å². The summed E-state index contributed by atoms with van der Waals surface area (Å²) in [6.07, 6.45) is 0. The van der Waals surface area contributed by atoms with Gasteiger partial charge in [-0.1, -0.05) is 48.5 Å². The molecule has 0 aliphatic carbocycles. The summed E-state index contributed by atoms with van der Waals surface area (Å²) in [7, 11) is 0. The second kappa shape index (κ2) is 9.94. The van der Waals surface area contributed by atoms with E-state index >= 15 is 0 Å². The lowest BCUT2D eigenvalue weighted by Gasteiger charge is -2.28. The highest BCUT2D eigenvalue weighted by atomic mass is 16.5. The van der Waals surface area contributed by atoms with Crippen LogP contribution in [0.5, 0.6) is 5.75 Å². The number of anilines is 1. The van der Waals surface area contributed by atoms with Gasteiger partial charge in [-0.2, -0.15) is 0 Å². The molecular weight excluding hydrogens is 376 g/mol. The van der Waals surface area contributed by atoms with Crippen molar-refractivity contribution in [3.05, 3.63) is 84.4 Å². The average Bonchev–Trinajstić information content (AvgIpc) is 2.83. The summed E-state index contributed by atoms with van der Waals surface area (Å²) in [6.45, 7) is 4.10. The van der Waals surface area contributed by atoms with E-state index < -0.39 is 0 Å². The molecule has 0 saturated carbocycles. The number of rotatable bonds is 7. The quantitative estimate of drug-likeness (QED) is 0.607. The third kappa shape index (κ3) is 4.99. The summed E-state index contributed by atoms with van der Waals surface area (Å²) >= 11 is 0. The SMILES string of the molecule is O=C(NCCOc1ccccc1-c1ccccc1)c1ccc(N2CCOCC2)cc1. The summed E-state index contributed by atoms with van der Waals surface area (Å²) in [5.74, 6) is 0.719. The Morgan fingerprint density at radius 3 is 2.37 bits per heavy atom. The molecular formula is C25H26N2O3. The van der Waals surface area contributed by atoms with E-state index in [2.05, 4.69) is 22.3 Å². The first-order chi connectivity index (χ1) is 14.8. The smallest absolute Gasteiger partial charge is 0.251 e. The van der Waals surface area contributed by atoms with Crippen LogP contribution in [0.25, 0.3) is 11.1 Å². The standard InChI is InChI=1S/C25H26N2O3/c28-25(21-10-12-22(13-11-21)27-15-18-29-19-16-27)26-14-17-30-24-9-5-4-8-23(24)20-6-2-1-3-7-20/h1-13H,14-19H2,(H,26,28). The molecule has 1 amide bonds. The topological polar surface area (TPSA) is 50.8 Å². The second-order valence-electron chi connectivity index (χ2n) is 7.11. The molecule has 0 atom stereocenters. The minimum Gasteiger partial charge on any atom is -0.491 e. The number of ether oxygens (including phenoxy) is 2. The average molecular weight is 402 g/mol. The van der Waals surface area contributed by atoms with Crippen molar-refractivity contribution in [2.24, 2.45) is 0 Å². The largest absolute Gasteiger partial charge is 0.491 e. The molecule has 1 heterocycles. The lowest BCUT2D eigenvalue weighted by atomic mass is 10.1. The number of carbonyl (C=O) groups excluding carboxylic acids is 1. The Labute approximate surface area is 177 Å². The number of nitrogens with zero attached hydrogens (tertiary/aromatic N) is 1. The fourth-order valence-electron chi connectivity index (χ4n) is 3.52. The predicted molar refractivity (Wildman–Crippen MR) is 119 cm³/mol. The van der Waals surface area contributed by atoms with Crippen molar-refractivity contribution in [2.45, 2.75) is 0 Å². The molecule has 5 heteroatoms. The lowest BCUT2D eigenvalue weighted by molar-refractivity contribution is 0.0947. The number of para-hydroxylation sites is 1. The van der Waals surface area contributed by atoms with Gasteiger partial charge < -0.3 is 19.7 Å². The maximum Gasteiger partial charge on any atom is 0.251 e. The monoisotopic (exact) mass is 402 g/mol. The maximum absolute atomic E-state index is 12.4. The fourth-order valence-corrected chi connectivity index (χ4v) is 3.52. The van der Waals surface area contributed by atoms with Crippen LogP contribution in [0.15, 0.2) is 78.9 Å². The minimum atomic E-state index is -0.0940. The molecule has 5 nitrogen and oxygen atoms in total. The molecule has 4 rings (SSSR count). The predicted octanol–water partition coefficient (Wildman–Crippen LogP) is 4.00. The van der Waals surface area contributed by atoms with E-state index in [0.29, 0.717) is 18.7 Å². The molecule has 1 aliphatic heterocycles. The molecule has 0 bridgehead atoms. The summed E-state index contributed by atoms with van der Waals surface area (Å²) < 4.78 is 11.3. The zero-order valence-corrected chi connectivity index (χ0v) is 16.9. The van der Waals surface area contributed by atoms with Crippen LogP contribution >= 0.6 is 0 Å². The lowest BCUT2D eigenvalue weighted by Crippen LogP contribution is -2.36. The van der Waals surface area contributed by atoms with Crippen molar-refractivity contribution < 1.29 is 14.3 Å². The Kier molecular flexibility index (Phi) is 6.62. The van der Waals surface area contributed by atoms with E-state index in [1.54, 1.807) is 0 Å². The van der Waals surface area contributed by atoms with Crippen LogP contribution in [-0.2, 0) is 4.74 Å². The first kappa shape index (κ1) is 20.0. The molecule has 3 aromatic rings. The summed E-state index contributed by atoms with van der Waals surface area (Å²) in [5, 5.41) is 2.93. The molecule has 0 spiro atoms. The first-order valence-corrected chi connectivity index (χ1v) is 10.3. The van der Waals surface area contributed by atoms with Gasteiger partial charge in [0.2, 0.25) is 0 Å². The van der Waals surface area contributed by atoms with Gasteiger partial charge in [-0.3, -0.25) is 4.79 Å². The molecule has 1 fully saturated rings. The van der Waals surface area contributed by atoms with Crippen molar-refractivity contribution in [1.82, 2.24) is 5.32 Å². The maximum atomic E-state index is 12.4. The highest BCUT2D eigenvalue weighted by Gasteiger charge is 2.12. The van der Waals surface area contributed by atoms with Crippen molar-refractivity contribution in [3.8, 4) is 16.9 Å². The van der Waals surface area contributed by atoms with Gasteiger partial charge in [0.25, 0.3) is 5.91 Å². The normalized spacial score (nSPS) is 13.7. The van der Waals surface area contributed by atoms with Gasteiger partial charge in [0.15, 0.2) is 0 Å². The second-order valence-corrected chi connectivity index (χ2v) is 7.11. The first-order valence-electron chi connectivity index (χ1n) is 10.3. The molecule has 0 aromatic heterocycles. The molecule has 0 unspecified atom stereocenters. The van der Waals surface area contributed by atoms with Crippen molar-refractivity contribution >= 4 is 11.6 Å². The zero-order valence-electron chi connectivity index (χ0n) is 16.9. The van der Waals surface area contributed by atoms with E-state index in [9.17, 15) is 4.79 Å². The van der Waals surface area contributed by atoms with Gasteiger partial charge in [0.1, 0.15) is 12.4 Å². The van der Waals surface area contributed by atoms with Crippen molar-refractivity contribution in [1.29, 1.82) is 0 Å². The van der Waals surface area contributed by atoms with E-state index in [0.717, 1.165) is 48.9 Å². The summed E-state index contributed by atoms with van der Waals surface area (Å²) in [6, 6.07) is 25.8. The van der Waals surface area contributed by atoms with Crippen molar-refractivity contribution in [3.63, 3.8) is 0 Å². The number of morpholine rings is 1. The molecule has 30 heavy (non-hydrogen) atoms. The molecule has 1 aliphatic rings. The Hall–Kier alpha value is -3.31. The van der Waals surface area contributed by atoms with Gasteiger partial charge in [-0.25, -0.2) is 0 Å². The number of hydrogen-bond acceptors (Lipinski definition) is 4. The molecule has 1 N–H and O–H groups in total. The van der Waals surface area contributed by atoms with Crippen LogP contribution in [0.1, 0.15) is 10.4 Å². The van der Waals surface area contributed by atoms with Gasteiger partial charge in [-0.15, -0.1) is 0 Å². The summed E-state index contributed by atoms with van der Waals surface area (Å²) in [4.78, 5) is 14.7. The van der Waals surface area contributed by atoms with Gasteiger partial charge >= 0.3 is 0 Å². The Morgan fingerprint density at radius 1 is 0.900 bits per heavy atom. The van der Waals surface area contributed by atoms with Crippen LogP contribution in [-0.4, -0.2) is 45.4 Å². The van der Waals surface area contributed by atoms with Crippen LogP contribution < -0.4 is 15.0 Å². The third-order valence-corrected chi connectivity index (χ3v) is 5.12. The molecule has 1 saturated heterocycles. The van der Waals surface area contributed by atoms with Crippen LogP contribution in [0.2, 0.25) is 0 Å². The van der Waals surface area contributed by atoms with Gasteiger partial charge in [-0.05, 0) is 35.9 Å². The Bertz CT molecular complexity index is 952. The number of amides is 1. The zero-order chi connectivity index (χ0) is 20.6. The summed E-state index contributed by atoms with van der Waals surface area (Å²) in [5.41, 5.74) is 3.92. The molecule has 0 radical (unpaired) electrons. The highest BCUT2D eigenvalue weighted by molar-refractivity contribution is 5.94. The van der Waals surface area contributed by atoms with Crippen LogP contribution in [0.4, 0.5) is 5.69 Å². The molecule has 154 valence electrons. The van der Waals surface area contributed by atoms with E-state index in [1.165, 1.54) is 0 Å². The highest BCUT2D eigenvalue weighted by Crippen LogP contribution is 2.29. The molecule has 3 aromatic carbocycles. The van der Waals surface area contributed by atoms with Crippen molar-refractivity contribution in [2.75, 3.05) is 44.4 Å². The number of carbonyl (C=O) groups is 1. The Morgan fingerprint density at radius 2 is 1.60 bits per heavy atom. The van der Waals surface area contributed by atoms with E-state index in [1.807, 2.05) is 66.7 Å². The van der Waals surface area contributed by atoms with Gasteiger partial charge in [0.05, 0.1) is 19.8 Å².